The standard InChI is InChI=1S/C13H17BrN2O3/c1-5-11-9(10(14)8-15-18)6-7-16(11)12(17)19-13(2,3)4/h5-8,15,18H,1H2,2-4H3/p+1/b10-8+. The quantitative estimate of drug-likeness (QED) is 0.837. The highest BCUT2D eigenvalue weighted by molar-refractivity contribution is 9.15. The van der Waals surface area contributed by atoms with Crippen LogP contribution in [0.4, 0.5) is 4.79 Å². The number of quaternary nitrogens is 1. The summed E-state index contributed by atoms with van der Waals surface area (Å²) >= 11 is 3.32. The number of carbonyl (C=O) groups excluding carboxylic acids is 1. The molecule has 1 aromatic rings. The second-order valence-electron chi connectivity index (χ2n) is 4.83. The van der Waals surface area contributed by atoms with Crippen molar-refractivity contribution in [3.63, 3.8) is 0 Å². The van der Waals surface area contributed by atoms with E-state index in [2.05, 4.69) is 22.5 Å². The van der Waals surface area contributed by atoms with Gasteiger partial charge in [0.05, 0.1) is 10.2 Å². The van der Waals surface area contributed by atoms with Gasteiger partial charge < -0.3 is 4.74 Å². The lowest BCUT2D eigenvalue weighted by atomic mass is 10.2. The summed E-state index contributed by atoms with van der Waals surface area (Å²) in [6.07, 6.45) is 4.17. The third-order valence-electron chi connectivity index (χ3n) is 2.19. The zero-order valence-corrected chi connectivity index (χ0v) is 12.8. The Kier molecular flexibility index (Phi) is 5.11. The van der Waals surface area contributed by atoms with Gasteiger partial charge in [-0.1, -0.05) is 6.58 Å². The van der Waals surface area contributed by atoms with Gasteiger partial charge in [-0.3, -0.25) is 4.57 Å². The molecule has 0 fully saturated rings. The molecule has 5 nitrogen and oxygen atoms in total. The van der Waals surface area contributed by atoms with E-state index in [9.17, 15) is 4.79 Å². The van der Waals surface area contributed by atoms with Crippen LogP contribution in [0.1, 0.15) is 32.0 Å². The molecule has 0 saturated heterocycles. The van der Waals surface area contributed by atoms with Crippen molar-refractivity contribution in [3.05, 3.63) is 36.3 Å². The Morgan fingerprint density at radius 3 is 2.68 bits per heavy atom. The molecule has 0 unspecified atom stereocenters. The highest BCUT2D eigenvalue weighted by Crippen LogP contribution is 2.26. The third-order valence-corrected chi connectivity index (χ3v) is 2.88. The second kappa shape index (κ2) is 6.18. The van der Waals surface area contributed by atoms with Gasteiger partial charge in [-0.15, -0.1) is 0 Å². The summed E-state index contributed by atoms with van der Waals surface area (Å²) in [6.45, 7) is 9.11. The fourth-order valence-electron chi connectivity index (χ4n) is 1.48. The molecule has 0 radical (unpaired) electrons. The Labute approximate surface area is 120 Å². The Bertz CT molecular complexity index is 512. The van der Waals surface area contributed by atoms with E-state index in [1.165, 1.54) is 10.8 Å². The predicted octanol–water partition coefficient (Wildman–Crippen LogP) is 2.56. The monoisotopic (exact) mass is 329 g/mol. The first-order valence-electron chi connectivity index (χ1n) is 5.71. The SMILES string of the molecule is C=Cc1c(/C(Br)=C\[NH2+]O)ccn1C(=O)OC(C)(C)C. The van der Waals surface area contributed by atoms with E-state index in [-0.39, 0.29) is 0 Å². The minimum Gasteiger partial charge on any atom is -0.443 e. The van der Waals surface area contributed by atoms with Crippen LogP contribution in [0.25, 0.3) is 10.6 Å². The van der Waals surface area contributed by atoms with Crippen molar-refractivity contribution in [2.45, 2.75) is 26.4 Å². The van der Waals surface area contributed by atoms with Crippen molar-refractivity contribution in [2.75, 3.05) is 0 Å². The zero-order chi connectivity index (χ0) is 14.6. The Balaban J connectivity index is 3.15. The lowest BCUT2D eigenvalue weighted by molar-refractivity contribution is -0.837. The lowest BCUT2D eigenvalue weighted by Gasteiger charge is -2.20. The van der Waals surface area contributed by atoms with Crippen LogP contribution in [0.3, 0.4) is 0 Å². The summed E-state index contributed by atoms with van der Waals surface area (Å²) in [5.41, 5.74) is 1.69. The number of hydroxylamine groups is 1. The number of hydrogen-bond donors (Lipinski definition) is 2. The summed E-state index contributed by atoms with van der Waals surface area (Å²) in [5, 5.41) is 8.77. The van der Waals surface area contributed by atoms with Crippen molar-refractivity contribution in [1.82, 2.24) is 4.57 Å². The molecule has 1 rings (SSSR count). The van der Waals surface area contributed by atoms with E-state index >= 15 is 0 Å². The summed E-state index contributed by atoms with van der Waals surface area (Å²) < 4.78 is 7.32. The van der Waals surface area contributed by atoms with Gasteiger partial charge in [0.2, 0.25) is 0 Å². The van der Waals surface area contributed by atoms with Crippen LogP contribution in [0.5, 0.6) is 0 Å². The number of halogens is 1. The minimum absolute atomic E-state index is 0.470. The van der Waals surface area contributed by atoms with Gasteiger partial charge in [-0.25, -0.2) is 10.0 Å². The van der Waals surface area contributed by atoms with Gasteiger partial charge in [-0.2, -0.15) is 5.48 Å². The average molecular weight is 330 g/mol. The van der Waals surface area contributed by atoms with E-state index in [1.54, 1.807) is 39.1 Å². The molecule has 104 valence electrons. The zero-order valence-electron chi connectivity index (χ0n) is 11.2. The molecule has 0 spiro atoms. The number of carbonyl (C=O) groups is 1. The summed E-state index contributed by atoms with van der Waals surface area (Å²) in [5.74, 6) is 0. The predicted molar refractivity (Wildman–Crippen MR) is 76.8 cm³/mol. The van der Waals surface area contributed by atoms with Crippen LogP contribution >= 0.6 is 15.9 Å². The first-order valence-corrected chi connectivity index (χ1v) is 6.50. The van der Waals surface area contributed by atoms with Gasteiger partial charge in [-0.05, 0) is 48.8 Å². The van der Waals surface area contributed by atoms with Crippen LogP contribution in [-0.4, -0.2) is 21.5 Å². The van der Waals surface area contributed by atoms with Gasteiger partial charge in [0.15, 0.2) is 0 Å². The largest absolute Gasteiger partial charge is 0.443 e. The molecule has 0 saturated carbocycles. The molecular formula is C13H18BrN2O3+. The van der Waals surface area contributed by atoms with E-state index in [0.29, 0.717) is 10.2 Å². The maximum absolute atomic E-state index is 12.0. The number of rotatable bonds is 3. The van der Waals surface area contributed by atoms with Crippen LogP contribution in [0, 0.1) is 0 Å². The molecule has 0 aromatic carbocycles. The van der Waals surface area contributed by atoms with Crippen molar-refractivity contribution >= 4 is 32.6 Å². The molecular weight excluding hydrogens is 312 g/mol. The van der Waals surface area contributed by atoms with Crippen molar-refractivity contribution in [3.8, 4) is 0 Å². The molecule has 19 heavy (non-hydrogen) atoms. The van der Waals surface area contributed by atoms with E-state index in [1.807, 2.05) is 0 Å². The highest BCUT2D eigenvalue weighted by atomic mass is 79.9. The molecule has 6 heteroatoms. The number of aromatic nitrogens is 1. The normalized spacial score (nSPS) is 12.4. The smallest absolute Gasteiger partial charge is 0.418 e. The molecule has 3 N–H and O–H groups in total. The molecule has 0 atom stereocenters. The highest BCUT2D eigenvalue weighted by Gasteiger charge is 2.21. The van der Waals surface area contributed by atoms with Crippen molar-refractivity contribution in [1.29, 1.82) is 0 Å². The maximum atomic E-state index is 12.0. The van der Waals surface area contributed by atoms with E-state index in [0.717, 1.165) is 11.0 Å². The topological polar surface area (TPSA) is 68.1 Å². The summed E-state index contributed by atoms with van der Waals surface area (Å²) in [6, 6.07) is 1.74. The third kappa shape index (κ3) is 4.05. The van der Waals surface area contributed by atoms with Gasteiger partial charge in [0.25, 0.3) is 0 Å². The molecule has 0 amide bonds. The Morgan fingerprint density at radius 1 is 1.58 bits per heavy atom. The van der Waals surface area contributed by atoms with Gasteiger partial charge in [0, 0.05) is 11.8 Å². The summed E-state index contributed by atoms with van der Waals surface area (Å²) in [4.78, 5) is 12.0. The number of nitrogens with two attached hydrogens (primary N) is 1. The first kappa shape index (κ1) is 15.7. The first-order chi connectivity index (χ1) is 8.80. The minimum atomic E-state index is -0.564. The second-order valence-corrected chi connectivity index (χ2v) is 5.69. The fraction of sp³-hybridized carbons (Fsp3) is 0.308. The molecule has 0 bridgehead atoms. The number of hydrogen-bond acceptors (Lipinski definition) is 3. The van der Waals surface area contributed by atoms with E-state index < -0.39 is 11.7 Å². The van der Waals surface area contributed by atoms with Crippen LogP contribution in [0.2, 0.25) is 0 Å². The van der Waals surface area contributed by atoms with E-state index in [4.69, 9.17) is 9.94 Å². The maximum Gasteiger partial charge on any atom is 0.418 e. The fourth-order valence-corrected chi connectivity index (χ4v) is 1.93. The van der Waals surface area contributed by atoms with Crippen LogP contribution in [-0.2, 0) is 4.74 Å². The summed E-state index contributed by atoms with van der Waals surface area (Å²) in [7, 11) is 0. The van der Waals surface area contributed by atoms with Crippen molar-refractivity contribution < 1.29 is 20.2 Å². The lowest BCUT2D eigenvalue weighted by Crippen LogP contribution is -2.73. The Hall–Kier alpha value is -1.37. The number of ether oxygens (including phenoxy) is 1. The van der Waals surface area contributed by atoms with Crippen molar-refractivity contribution in [2.24, 2.45) is 0 Å². The average Bonchev–Trinajstić information content (AvgIpc) is 2.70. The van der Waals surface area contributed by atoms with Gasteiger partial charge >= 0.3 is 6.09 Å². The molecule has 1 heterocycles. The molecule has 0 aliphatic heterocycles. The molecule has 1 aromatic heterocycles. The Morgan fingerprint density at radius 2 is 2.21 bits per heavy atom. The molecule has 0 aliphatic rings. The van der Waals surface area contributed by atoms with Crippen LogP contribution in [0.15, 0.2) is 25.0 Å². The van der Waals surface area contributed by atoms with Crippen LogP contribution < -0.4 is 5.48 Å². The molecule has 0 aliphatic carbocycles. The number of nitrogens with zero attached hydrogens (tertiary/aromatic N) is 1. The van der Waals surface area contributed by atoms with Gasteiger partial charge in [0.1, 0.15) is 11.8 Å².